The third kappa shape index (κ3) is 6.00. The summed E-state index contributed by atoms with van der Waals surface area (Å²) in [7, 11) is 1.82. The van der Waals surface area contributed by atoms with Crippen LogP contribution >= 0.6 is 0 Å². The molecule has 4 aliphatic rings. The number of pyridine rings is 2. The van der Waals surface area contributed by atoms with Gasteiger partial charge in [-0.05, 0) is 62.3 Å². The minimum Gasteiger partial charge on any atom is -0.461 e. The SMILES string of the molecule is CN(c1nc(OC[C@@]23CCCN2C[C@H](F)C3)nc2c(F)c(-c3ccccc3C3CC3)ncc12)[C@@H]1CCN(C(=O)/C(F)=C/c2ccccn2)C1. The number of carbonyl (C=O) groups excluding carboxylic acids is 1. The number of fused-ring (bicyclic) bond motifs is 2. The maximum atomic E-state index is 16.7. The fourth-order valence-electron chi connectivity index (χ4n) is 7.87. The van der Waals surface area contributed by atoms with Crippen LogP contribution in [0.5, 0.6) is 6.01 Å². The standard InChI is InChI=1S/C37H38F3N7O2/c1-45(26-12-16-46(21-26)35(48)30(39)17-25-7-4-5-14-41-25)34-29-19-42-32(28-9-3-2-8-27(28)23-10-11-23)31(40)33(29)43-36(44-34)49-22-37-13-6-15-47(37)20-24(38)18-37/h2-5,7-9,14,17,19,23-24,26H,6,10-13,15-16,18,20-22H2,1H3/b30-17-/t24-,26-,37+/m1/s1. The molecule has 1 amide bonds. The van der Waals surface area contributed by atoms with E-state index in [4.69, 9.17) is 9.72 Å². The summed E-state index contributed by atoms with van der Waals surface area (Å²) in [6.07, 6.45) is 8.16. The lowest BCUT2D eigenvalue weighted by atomic mass is 9.95. The summed E-state index contributed by atoms with van der Waals surface area (Å²) in [5.74, 6) is -1.39. The number of amides is 1. The molecular weight excluding hydrogens is 631 g/mol. The normalized spacial score (nSPS) is 24.1. The van der Waals surface area contributed by atoms with E-state index in [1.807, 2.05) is 36.2 Å². The highest BCUT2D eigenvalue weighted by atomic mass is 19.1. The van der Waals surface area contributed by atoms with Gasteiger partial charge in [0.2, 0.25) is 0 Å². The molecule has 0 spiro atoms. The van der Waals surface area contributed by atoms with E-state index >= 15 is 4.39 Å². The monoisotopic (exact) mass is 669 g/mol. The van der Waals surface area contributed by atoms with E-state index in [9.17, 15) is 13.6 Å². The van der Waals surface area contributed by atoms with Gasteiger partial charge in [-0.3, -0.25) is 19.7 Å². The van der Waals surface area contributed by atoms with Crippen LogP contribution in [0, 0.1) is 5.82 Å². The number of benzene rings is 1. The summed E-state index contributed by atoms with van der Waals surface area (Å²) < 4.78 is 52.4. The number of alkyl halides is 1. The highest BCUT2D eigenvalue weighted by Crippen LogP contribution is 2.45. The highest BCUT2D eigenvalue weighted by molar-refractivity contribution is 5.96. The van der Waals surface area contributed by atoms with Crippen LogP contribution in [-0.2, 0) is 4.79 Å². The Kier molecular flexibility index (Phi) is 8.21. The number of rotatable bonds is 9. The van der Waals surface area contributed by atoms with Crippen molar-refractivity contribution >= 4 is 28.7 Å². The number of likely N-dealkylation sites (N-methyl/N-ethyl adjacent to an activating group) is 1. The minimum absolute atomic E-state index is 0.000297. The molecule has 0 radical (unpaired) electrons. The Bertz CT molecular complexity index is 1920. The van der Waals surface area contributed by atoms with Gasteiger partial charge >= 0.3 is 6.01 Å². The molecule has 4 fully saturated rings. The van der Waals surface area contributed by atoms with Crippen LogP contribution in [0.1, 0.15) is 55.7 Å². The first-order valence-electron chi connectivity index (χ1n) is 17.1. The Balaban J connectivity index is 1.12. The maximum Gasteiger partial charge on any atom is 0.319 e. The van der Waals surface area contributed by atoms with Crippen molar-refractivity contribution in [3.63, 3.8) is 0 Å². The van der Waals surface area contributed by atoms with E-state index in [1.54, 1.807) is 24.4 Å². The van der Waals surface area contributed by atoms with E-state index in [1.165, 1.54) is 11.1 Å². The second kappa shape index (κ2) is 12.7. The third-order valence-electron chi connectivity index (χ3n) is 10.6. The number of halogens is 3. The van der Waals surface area contributed by atoms with Crippen molar-refractivity contribution in [1.82, 2.24) is 29.7 Å². The van der Waals surface area contributed by atoms with Crippen molar-refractivity contribution in [3.8, 4) is 17.3 Å². The lowest BCUT2D eigenvalue weighted by Gasteiger charge is -2.31. The fourth-order valence-corrected chi connectivity index (χ4v) is 7.87. The number of aromatic nitrogens is 4. The van der Waals surface area contributed by atoms with E-state index in [2.05, 4.69) is 19.9 Å². The van der Waals surface area contributed by atoms with E-state index in [0.717, 1.165) is 49.4 Å². The number of ether oxygens (including phenoxy) is 1. The van der Waals surface area contributed by atoms with Crippen LogP contribution < -0.4 is 9.64 Å². The smallest absolute Gasteiger partial charge is 0.319 e. The molecule has 3 aromatic heterocycles. The summed E-state index contributed by atoms with van der Waals surface area (Å²) in [6, 6.07) is 12.6. The summed E-state index contributed by atoms with van der Waals surface area (Å²) >= 11 is 0. The van der Waals surface area contributed by atoms with Crippen LogP contribution in [-0.4, -0.2) is 93.2 Å². The van der Waals surface area contributed by atoms with Gasteiger partial charge in [0, 0.05) is 63.2 Å². The van der Waals surface area contributed by atoms with E-state index in [0.29, 0.717) is 48.7 Å². The predicted octanol–water partition coefficient (Wildman–Crippen LogP) is 6.11. The molecule has 12 heteroatoms. The molecular formula is C37H38F3N7O2. The molecule has 1 aromatic carbocycles. The van der Waals surface area contributed by atoms with Gasteiger partial charge in [0.1, 0.15) is 29.8 Å². The molecule has 0 N–H and O–H groups in total. The number of hydrogen-bond donors (Lipinski definition) is 0. The molecule has 3 saturated heterocycles. The average molecular weight is 670 g/mol. The van der Waals surface area contributed by atoms with Crippen LogP contribution in [0.15, 0.2) is 60.7 Å². The van der Waals surface area contributed by atoms with Crippen molar-refractivity contribution in [2.24, 2.45) is 0 Å². The molecule has 1 aliphatic carbocycles. The second-order valence-electron chi connectivity index (χ2n) is 13.8. The van der Waals surface area contributed by atoms with Gasteiger partial charge in [0.25, 0.3) is 5.91 Å². The van der Waals surface area contributed by atoms with Crippen molar-refractivity contribution in [2.45, 2.75) is 62.2 Å². The minimum atomic E-state index is -0.919. The van der Waals surface area contributed by atoms with E-state index < -0.39 is 29.3 Å². The molecule has 0 unspecified atom stereocenters. The molecule has 8 rings (SSSR count). The molecule has 1 saturated carbocycles. The number of nitrogens with zero attached hydrogens (tertiary/aromatic N) is 7. The maximum absolute atomic E-state index is 16.7. The van der Waals surface area contributed by atoms with Crippen LogP contribution in [0.3, 0.4) is 0 Å². The van der Waals surface area contributed by atoms with Crippen molar-refractivity contribution in [2.75, 3.05) is 44.7 Å². The Labute approximate surface area is 282 Å². The summed E-state index contributed by atoms with van der Waals surface area (Å²) in [5, 5.41) is 0.399. The summed E-state index contributed by atoms with van der Waals surface area (Å²) in [5.41, 5.74) is 2.03. The lowest BCUT2D eigenvalue weighted by molar-refractivity contribution is -0.127. The van der Waals surface area contributed by atoms with Crippen LogP contribution in [0.4, 0.5) is 19.0 Å². The topological polar surface area (TPSA) is 87.6 Å². The largest absolute Gasteiger partial charge is 0.461 e. The lowest BCUT2D eigenvalue weighted by Crippen LogP contribution is -2.43. The Morgan fingerprint density at radius 2 is 1.92 bits per heavy atom. The third-order valence-corrected chi connectivity index (χ3v) is 10.6. The van der Waals surface area contributed by atoms with Gasteiger partial charge in [-0.15, -0.1) is 0 Å². The van der Waals surface area contributed by atoms with Crippen LogP contribution in [0.2, 0.25) is 0 Å². The number of likely N-dealkylation sites (tertiary alicyclic amines) is 1. The molecule has 3 aliphatic heterocycles. The fraction of sp³-hybridized carbons (Fsp3) is 0.432. The number of anilines is 1. The zero-order valence-electron chi connectivity index (χ0n) is 27.4. The quantitative estimate of drug-likeness (QED) is 0.198. The van der Waals surface area contributed by atoms with Gasteiger partial charge in [0.05, 0.1) is 16.6 Å². The van der Waals surface area contributed by atoms with Gasteiger partial charge in [-0.1, -0.05) is 30.3 Å². The molecule has 4 aromatic rings. The van der Waals surface area contributed by atoms with Gasteiger partial charge in [-0.25, -0.2) is 13.2 Å². The molecule has 9 nitrogen and oxygen atoms in total. The second-order valence-corrected chi connectivity index (χ2v) is 13.8. The molecule has 3 atom stereocenters. The molecule has 254 valence electrons. The van der Waals surface area contributed by atoms with Gasteiger partial charge in [-0.2, -0.15) is 9.97 Å². The first kappa shape index (κ1) is 31.7. The molecule has 49 heavy (non-hydrogen) atoms. The molecule has 6 heterocycles. The van der Waals surface area contributed by atoms with Crippen molar-refractivity contribution in [3.05, 3.63) is 77.8 Å². The van der Waals surface area contributed by atoms with Crippen molar-refractivity contribution < 1.29 is 22.7 Å². The Morgan fingerprint density at radius 3 is 2.73 bits per heavy atom. The highest BCUT2D eigenvalue weighted by Gasteiger charge is 2.49. The Hall–Kier alpha value is -4.58. The summed E-state index contributed by atoms with van der Waals surface area (Å²) in [6.45, 7) is 1.96. The number of hydrogen-bond acceptors (Lipinski definition) is 8. The van der Waals surface area contributed by atoms with Crippen LogP contribution in [0.25, 0.3) is 28.2 Å². The van der Waals surface area contributed by atoms with Crippen molar-refractivity contribution in [1.29, 1.82) is 0 Å². The zero-order valence-corrected chi connectivity index (χ0v) is 27.4. The average Bonchev–Trinajstić information content (AvgIpc) is 3.58. The molecule has 0 bridgehead atoms. The summed E-state index contributed by atoms with van der Waals surface area (Å²) in [4.78, 5) is 36.6. The first-order valence-corrected chi connectivity index (χ1v) is 17.1. The zero-order chi connectivity index (χ0) is 33.7. The number of carbonyl (C=O) groups is 1. The first-order chi connectivity index (χ1) is 23.8. The Morgan fingerprint density at radius 1 is 1.08 bits per heavy atom. The van der Waals surface area contributed by atoms with Gasteiger partial charge < -0.3 is 14.5 Å². The predicted molar refractivity (Wildman–Crippen MR) is 180 cm³/mol. The van der Waals surface area contributed by atoms with E-state index in [-0.39, 0.29) is 36.4 Å². The van der Waals surface area contributed by atoms with Gasteiger partial charge in [0.15, 0.2) is 11.6 Å².